The minimum Gasteiger partial charge on any atom is -0.321 e. The van der Waals surface area contributed by atoms with Gasteiger partial charge in [0, 0.05) is 0 Å². The highest BCUT2D eigenvalue weighted by atomic mass is 32.2. The highest BCUT2D eigenvalue weighted by molar-refractivity contribution is 7.99. The molecule has 0 aliphatic heterocycles. The van der Waals surface area contributed by atoms with Crippen LogP contribution in [0.1, 0.15) is 38.2 Å². The Hall–Kier alpha value is 0.0700. The van der Waals surface area contributed by atoms with Gasteiger partial charge in [0.15, 0.2) is 0 Å². The maximum absolute atomic E-state index is 11.1. The van der Waals surface area contributed by atoms with E-state index < -0.39 is 11.7 Å². The second-order valence-corrected chi connectivity index (χ2v) is 7.85. The largest absolute Gasteiger partial charge is 0.356 e. The van der Waals surface area contributed by atoms with Crippen molar-refractivity contribution in [3.63, 3.8) is 0 Å². The van der Waals surface area contributed by atoms with Crippen LogP contribution in [0.25, 0.3) is 0 Å². The summed E-state index contributed by atoms with van der Waals surface area (Å²) in [7, 11) is -4.17. The van der Waals surface area contributed by atoms with Crippen LogP contribution < -0.4 is 5.30 Å². The summed E-state index contributed by atoms with van der Waals surface area (Å²) in [4.78, 5) is 18.1. The summed E-state index contributed by atoms with van der Waals surface area (Å²) in [5, 5.41) is 0.0253. The Morgan fingerprint density at radius 2 is 1.72 bits per heavy atom. The highest BCUT2D eigenvalue weighted by Gasteiger charge is 2.24. The smallest absolute Gasteiger partial charge is 0.321 e. The molecular formula is C12H19O3PS2. The molecule has 0 saturated carbocycles. The summed E-state index contributed by atoms with van der Waals surface area (Å²) in [5.41, 5.74) is 0.863. The van der Waals surface area contributed by atoms with Crippen LogP contribution >= 0.6 is 32.9 Å². The second-order valence-electron chi connectivity index (χ2n) is 4.36. The van der Waals surface area contributed by atoms with Crippen LogP contribution in [-0.4, -0.2) is 9.79 Å². The predicted octanol–water partition coefficient (Wildman–Crippen LogP) is 3.08. The monoisotopic (exact) mass is 306 g/mol. The normalized spacial score (nSPS) is 12.7. The van der Waals surface area contributed by atoms with Crippen LogP contribution in [0.4, 0.5) is 0 Å². The van der Waals surface area contributed by atoms with Crippen molar-refractivity contribution in [3.8, 4) is 0 Å². The van der Waals surface area contributed by atoms with Crippen LogP contribution in [0.2, 0.25) is 0 Å². The number of rotatable bonds is 6. The van der Waals surface area contributed by atoms with E-state index in [-0.39, 0.29) is 5.30 Å². The van der Waals surface area contributed by atoms with Gasteiger partial charge in [0.1, 0.15) is 0 Å². The molecule has 1 aromatic carbocycles. The van der Waals surface area contributed by atoms with Crippen molar-refractivity contribution < 1.29 is 14.4 Å². The fourth-order valence-corrected chi connectivity index (χ4v) is 2.84. The minimum atomic E-state index is -4.17. The van der Waals surface area contributed by atoms with Crippen molar-refractivity contribution in [1.82, 2.24) is 0 Å². The van der Waals surface area contributed by atoms with Gasteiger partial charge in [-0.1, -0.05) is 38.3 Å². The van der Waals surface area contributed by atoms with Gasteiger partial charge >= 0.3 is 7.60 Å². The zero-order valence-electron chi connectivity index (χ0n) is 10.3. The van der Waals surface area contributed by atoms with Crippen LogP contribution in [-0.2, 0) is 8.64 Å². The molecule has 0 saturated heterocycles. The van der Waals surface area contributed by atoms with Gasteiger partial charge in [-0.15, -0.1) is 0 Å². The molecule has 1 aromatic rings. The van der Waals surface area contributed by atoms with E-state index in [9.17, 15) is 4.57 Å². The van der Waals surface area contributed by atoms with Gasteiger partial charge < -0.3 is 9.79 Å². The molecule has 0 bridgehead atoms. The molecule has 0 fully saturated rings. The molecule has 2 N–H and O–H groups in total. The molecule has 0 aliphatic carbocycles. The summed E-state index contributed by atoms with van der Waals surface area (Å²) in [6, 6.07) is 6.25. The minimum absolute atomic E-state index is 0.0253. The van der Waals surface area contributed by atoms with Gasteiger partial charge in [-0.25, -0.2) is 0 Å². The summed E-state index contributed by atoms with van der Waals surface area (Å²) in [6.07, 6.45) is 4.12. The molecule has 0 radical (unpaired) electrons. The first-order valence-corrected chi connectivity index (χ1v) is 8.39. The molecule has 0 aliphatic rings. The van der Waals surface area contributed by atoms with Gasteiger partial charge in [-0.3, -0.25) is 4.57 Å². The molecule has 3 nitrogen and oxygen atoms in total. The van der Waals surface area contributed by atoms with E-state index in [4.69, 9.17) is 9.79 Å². The van der Waals surface area contributed by atoms with Gasteiger partial charge in [-0.05, 0) is 24.1 Å². The molecule has 1 rings (SSSR count). The quantitative estimate of drug-likeness (QED) is 0.283. The Kier molecular flexibility index (Phi) is 5.81. The topological polar surface area (TPSA) is 57.5 Å². The lowest BCUT2D eigenvalue weighted by atomic mass is 10.1. The van der Waals surface area contributed by atoms with Gasteiger partial charge in [0.25, 0.3) is 0 Å². The van der Waals surface area contributed by atoms with E-state index in [1.165, 1.54) is 12.1 Å². The van der Waals surface area contributed by atoms with Crippen LogP contribution in [0.15, 0.2) is 24.3 Å². The fourth-order valence-electron chi connectivity index (χ4n) is 1.69. The maximum atomic E-state index is 11.1. The molecule has 0 atom stereocenters. The fraction of sp³-hybridized carbons (Fsp3) is 0.500. The van der Waals surface area contributed by atoms with Gasteiger partial charge in [0.05, 0.1) is 9.38 Å². The van der Waals surface area contributed by atoms with E-state index in [0.717, 1.165) is 31.2 Å². The molecule has 6 heteroatoms. The molecule has 18 heavy (non-hydrogen) atoms. The lowest BCUT2D eigenvalue weighted by Crippen LogP contribution is -2.12. The molecule has 0 amide bonds. The average Bonchev–Trinajstić information content (AvgIpc) is 2.28. The van der Waals surface area contributed by atoms with E-state index >= 15 is 0 Å². The van der Waals surface area contributed by atoms with E-state index in [2.05, 4.69) is 32.2 Å². The predicted molar refractivity (Wildman–Crippen MR) is 81.9 cm³/mol. The summed E-state index contributed by atoms with van der Waals surface area (Å²) < 4.78 is 10.5. The number of thiol groups is 2. The Balaban J connectivity index is 2.80. The number of benzene rings is 1. The van der Waals surface area contributed by atoms with Crippen molar-refractivity contribution in [2.24, 2.45) is 0 Å². The SMILES string of the molecule is CCCCCC(S)(S)c1ccc(P(=O)(O)O)cc1. The van der Waals surface area contributed by atoms with Crippen LogP contribution in [0.3, 0.4) is 0 Å². The molecule has 0 heterocycles. The summed E-state index contributed by atoms with van der Waals surface area (Å²) in [6.45, 7) is 2.13. The Labute approximate surface area is 119 Å². The van der Waals surface area contributed by atoms with E-state index in [1.807, 2.05) is 0 Å². The Morgan fingerprint density at radius 3 is 2.17 bits per heavy atom. The van der Waals surface area contributed by atoms with Crippen molar-refractivity contribution in [2.75, 3.05) is 0 Å². The van der Waals surface area contributed by atoms with Crippen molar-refractivity contribution in [3.05, 3.63) is 29.8 Å². The second kappa shape index (κ2) is 6.49. The lowest BCUT2D eigenvalue weighted by molar-refractivity contribution is 0.387. The first kappa shape index (κ1) is 16.1. The third-order valence-electron chi connectivity index (χ3n) is 2.79. The van der Waals surface area contributed by atoms with E-state index in [0.29, 0.717) is 0 Å². The maximum Gasteiger partial charge on any atom is 0.356 e. The van der Waals surface area contributed by atoms with Crippen LogP contribution in [0, 0.1) is 0 Å². The van der Waals surface area contributed by atoms with Gasteiger partial charge in [0.2, 0.25) is 0 Å². The average molecular weight is 306 g/mol. The van der Waals surface area contributed by atoms with Gasteiger partial charge in [-0.2, -0.15) is 25.3 Å². The number of hydrogen-bond acceptors (Lipinski definition) is 3. The molecule has 0 aromatic heterocycles. The number of hydrogen-bond donors (Lipinski definition) is 4. The van der Waals surface area contributed by atoms with E-state index in [1.54, 1.807) is 12.1 Å². The standard InChI is InChI=1S/C12H19O3PS2/c1-2-3-4-9-12(17,18)10-5-7-11(8-6-10)16(13,14)15/h5-8,17-18H,2-4,9H2,1H3,(H2,13,14,15). The van der Waals surface area contributed by atoms with Crippen molar-refractivity contribution in [1.29, 1.82) is 0 Å². The van der Waals surface area contributed by atoms with Crippen LogP contribution in [0.5, 0.6) is 0 Å². The Bertz CT molecular complexity index is 425. The zero-order chi connectivity index (χ0) is 13.8. The third kappa shape index (κ3) is 4.63. The first-order chi connectivity index (χ1) is 8.27. The molecule has 102 valence electrons. The summed E-state index contributed by atoms with van der Waals surface area (Å²) in [5.74, 6) is 0. The third-order valence-corrected chi connectivity index (χ3v) is 4.73. The molecular weight excluding hydrogens is 287 g/mol. The highest BCUT2D eigenvalue weighted by Crippen LogP contribution is 2.39. The Morgan fingerprint density at radius 1 is 1.17 bits per heavy atom. The summed E-state index contributed by atoms with van der Waals surface area (Å²) >= 11 is 9.05. The number of unbranched alkanes of at least 4 members (excludes halogenated alkanes) is 2. The zero-order valence-corrected chi connectivity index (χ0v) is 13.0. The van der Waals surface area contributed by atoms with Crippen molar-refractivity contribution >= 4 is 38.2 Å². The lowest BCUT2D eigenvalue weighted by Gasteiger charge is -2.23. The molecule has 0 spiro atoms. The molecule has 0 unspecified atom stereocenters. The first-order valence-electron chi connectivity index (χ1n) is 5.89. The van der Waals surface area contributed by atoms with Crippen molar-refractivity contribution in [2.45, 2.75) is 36.7 Å².